The second-order valence-electron chi connectivity index (χ2n) is 4.40. The predicted octanol–water partition coefficient (Wildman–Crippen LogP) is 0.667. The molecule has 0 unspecified atom stereocenters. The smallest absolute Gasteiger partial charge is 0.223 e. The van der Waals surface area contributed by atoms with Crippen molar-refractivity contribution in [3.8, 4) is 0 Å². The van der Waals surface area contributed by atoms with E-state index in [-0.39, 0.29) is 11.8 Å². The molecular weight excluding hydrogens is 218 g/mol. The van der Waals surface area contributed by atoms with E-state index in [1.807, 2.05) is 0 Å². The molecule has 5 heteroatoms. The lowest BCUT2D eigenvalue weighted by Crippen LogP contribution is -2.35. The van der Waals surface area contributed by atoms with Gasteiger partial charge in [0.15, 0.2) is 0 Å². The van der Waals surface area contributed by atoms with Gasteiger partial charge in [-0.15, -0.1) is 0 Å². The lowest BCUT2D eigenvalue weighted by atomic mass is 9.89. The summed E-state index contributed by atoms with van der Waals surface area (Å²) in [5.41, 5.74) is 2.24. The van der Waals surface area contributed by atoms with Gasteiger partial charge >= 0.3 is 0 Å². The molecule has 0 saturated heterocycles. The molecule has 0 saturated carbocycles. The highest BCUT2D eigenvalue weighted by atomic mass is 16.5. The Kier molecular flexibility index (Phi) is 4.14. The van der Waals surface area contributed by atoms with Crippen LogP contribution >= 0.6 is 0 Å². The van der Waals surface area contributed by atoms with Crippen molar-refractivity contribution in [2.24, 2.45) is 5.92 Å². The van der Waals surface area contributed by atoms with Crippen LogP contribution < -0.4 is 5.32 Å². The average molecular weight is 237 g/mol. The van der Waals surface area contributed by atoms with Crippen molar-refractivity contribution in [1.82, 2.24) is 15.3 Å². The van der Waals surface area contributed by atoms with Crippen molar-refractivity contribution in [1.29, 1.82) is 0 Å². The van der Waals surface area contributed by atoms with Crippen LogP contribution in [0.25, 0.3) is 0 Å². The van der Waals surface area contributed by atoms with Crippen LogP contribution in [0.15, 0.2) is 6.33 Å². The third-order valence-electron chi connectivity index (χ3n) is 3.18. The molecule has 1 heterocycles. The number of carbonyl (C=O) groups is 1. The minimum absolute atomic E-state index is 0.0884. The molecule has 1 aromatic heterocycles. The number of ether oxygens (including phenoxy) is 1. The highest BCUT2D eigenvalue weighted by Gasteiger charge is 2.25. The standard InChI is InChI=1S/C12H19N3O2/c1-17-6-2-5-13-12(16)9-3-4-10-11(7-9)15-8-14-10/h8-9H,2-7H2,1H3,(H,13,16)(H,14,15)/t9-/m0/s1. The summed E-state index contributed by atoms with van der Waals surface area (Å²) < 4.78 is 4.94. The number of hydrogen-bond donors (Lipinski definition) is 2. The molecule has 0 radical (unpaired) electrons. The lowest BCUT2D eigenvalue weighted by molar-refractivity contribution is -0.125. The van der Waals surface area contributed by atoms with Crippen molar-refractivity contribution >= 4 is 5.91 Å². The van der Waals surface area contributed by atoms with Gasteiger partial charge in [0.05, 0.1) is 12.0 Å². The zero-order valence-corrected chi connectivity index (χ0v) is 10.2. The largest absolute Gasteiger partial charge is 0.385 e. The molecule has 94 valence electrons. The lowest BCUT2D eigenvalue weighted by Gasteiger charge is -2.20. The van der Waals surface area contributed by atoms with Gasteiger partial charge in [0, 0.05) is 38.3 Å². The van der Waals surface area contributed by atoms with E-state index in [1.165, 1.54) is 0 Å². The van der Waals surface area contributed by atoms with Crippen LogP contribution in [0, 0.1) is 5.92 Å². The summed E-state index contributed by atoms with van der Waals surface area (Å²) in [6.07, 6.45) is 5.15. The van der Waals surface area contributed by atoms with Crippen LogP contribution in [-0.4, -0.2) is 36.1 Å². The first kappa shape index (κ1) is 12.1. The van der Waals surface area contributed by atoms with Gasteiger partial charge in [-0.05, 0) is 19.3 Å². The summed E-state index contributed by atoms with van der Waals surface area (Å²) in [6, 6.07) is 0. The van der Waals surface area contributed by atoms with Crippen molar-refractivity contribution < 1.29 is 9.53 Å². The first-order chi connectivity index (χ1) is 8.31. The highest BCUT2D eigenvalue weighted by molar-refractivity contribution is 5.79. The van der Waals surface area contributed by atoms with Gasteiger partial charge in [0.1, 0.15) is 0 Å². The van der Waals surface area contributed by atoms with Crippen molar-refractivity contribution in [3.63, 3.8) is 0 Å². The van der Waals surface area contributed by atoms with Crippen LogP contribution in [0.3, 0.4) is 0 Å². The number of aromatic nitrogens is 2. The Morgan fingerprint density at radius 2 is 2.59 bits per heavy atom. The second-order valence-corrected chi connectivity index (χ2v) is 4.40. The molecule has 0 fully saturated rings. The molecule has 0 spiro atoms. The van der Waals surface area contributed by atoms with Gasteiger partial charge < -0.3 is 15.0 Å². The van der Waals surface area contributed by atoms with Crippen LogP contribution in [-0.2, 0) is 22.4 Å². The summed E-state index contributed by atoms with van der Waals surface area (Å²) in [5.74, 6) is 0.242. The van der Waals surface area contributed by atoms with Crippen molar-refractivity contribution in [2.75, 3.05) is 20.3 Å². The normalized spacial score (nSPS) is 18.8. The number of hydrogen-bond acceptors (Lipinski definition) is 3. The molecule has 1 aliphatic carbocycles. The van der Waals surface area contributed by atoms with Crippen LogP contribution in [0.1, 0.15) is 24.2 Å². The summed E-state index contributed by atoms with van der Waals surface area (Å²) >= 11 is 0. The third-order valence-corrected chi connectivity index (χ3v) is 3.18. The van der Waals surface area contributed by atoms with Crippen molar-refractivity contribution in [3.05, 3.63) is 17.7 Å². The topological polar surface area (TPSA) is 67.0 Å². The molecular formula is C12H19N3O2. The summed E-state index contributed by atoms with van der Waals surface area (Å²) in [7, 11) is 1.67. The Morgan fingerprint density at radius 1 is 1.71 bits per heavy atom. The summed E-state index contributed by atoms with van der Waals surface area (Å²) in [4.78, 5) is 19.2. The number of imidazole rings is 1. The first-order valence-corrected chi connectivity index (χ1v) is 6.09. The number of nitrogens with one attached hydrogen (secondary N) is 2. The number of methoxy groups -OCH3 is 1. The fourth-order valence-electron chi connectivity index (χ4n) is 2.20. The molecule has 1 aliphatic rings. The maximum Gasteiger partial charge on any atom is 0.223 e. The van der Waals surface area contributed by atoms with Gasteiger partial charge in [-0.2, -0.15) is 0 Å². The van der Waals surface area contributed by atoms with Gasteiger partial charge in [0.25, 0.3) is 0 Å². The molecule has 0 bridgehead atoms. The maximum atomic E-state index is 11.9. The Morgan fingerprint density at radius 3 is 3.41 bits per heavy atom. The molecule has 1 atom stereocenters. The zero-order valence-electron chi connectivity index (χ0n) is 10.2. The van der Waals surface area contributed by atoms with Crippen molar-refractivity contribution in [2.45, 2.75) is 25.7 Å². The number of fused-ring (bicyclic) bond motifs is 1. The predicted molar refractivity (Wildman–Crippen MR) is 63.6 cm³/mol. The van der Waals surface area contributed by atoms with Crippen LogP contribution in [0.4, 0.5) is 0 Å². The molecule has 1 aromatic rings. The number of carbonyl (C=O) groups excluding carboxylic acids is 1. The molecule has 2 rings (SSSR count). The Hall–Kier alpha value is -1.36. The van der Waals surface area contributed by atoms with E-state index < -0.39 is 0 Å². The Balaban J connectivity index is 1.78. The molecule has 1 amide bonds. The maximum absolute atomic E-state index is 11.9. The fourth-order valence-corrected chi connectivity index (χ4v) is 2.20. The molecule has 0 aromatic carbocycles. The van der Waals surface area contributed by atoms with Crippen LogP contribution in [0.2, 0.25) is 0 Å². The fraction of sp³-hybridized carbons (Fsp3) is 0.667. The van der Waals surface area contributed by atoms with E-state index in [9.17, 15) is 4.79 Å². The number of nitrogens with zero attached hydrogens (tertiary/aromatic N) is 1. The molecule has 17 heavy (non-hydrogen) atoms. The highest BCUT2D eigenvalue weighted by Crippen LogP contribution is 2.22. The number of aromatic amines is 1. The average Bonchev–Trinajstić information content (AvgIpc) is 2.81. The number of H-pyrrole nitrogens is 1. The van der Waals surface area contributed by atoms with Gasteiger partial charge in [0.2, 0.25) is 5.91 Å². The van der Waals surface area contributed by atoms with E-state index >= 15 is 0 Å². The van der Waals surface area contributed by atoms with E-state index in [2.05, 4.69) is 15.3 Å². The number of rotatable bonds is 5. The molecule has 5 nitrogen and oxygen atoms in total. The van der Waals surface area contributed by atoms with E-state index in [0.29, 0.717) is 13.2 Å². The Labute approximate surface area is 101 Å². The van der Waals surface area contributed by atoms with E-state index in [1.54, 1.807) is 13.4 Å². The molecule has 2 N–H and O–H groups in total. The van der Waals surface area contributed by atoms with Gasteiger partial charge in [-0.25, -0.2) is 4.98 Å². The summed E-state index contributed by atoms with van der Waals surface area (Å²) in [6.45, 7) is 1.38. The Bertz CT molecular complexity index is 376. The monoisotopic (exact) mass is 237 g/mol. The van der Waals surface area contributed by atoms with Crippen LogP contribution in [0.5, 0.6) is 0 Å². The zero-order chi connectivity index (χ0) is 12.1. The summed E-state index contributed by atoms with van der Waals surface area (Å²) in [5, 5.41) is 2.96. The number of amides is 1. The minimum Gasteiger partial charge on any atom is -0.385 e. The van der Waals surface area contributed by atoms with Gasteiger partial charge in [-0.3, -0.25) is 4.79 Å². The second kappa shape index (κ2) is 5.82. The minimum atomic E-state index is 0.0884. The van der Waals surface area contributed by atoms with Gasteiger partial charge in [-0.1, -0.05) is 0 Å². The van der Waals surface area contributed by atoms with E-state index in [4.69, 9.17) is 4.74 Å². The third kappa shape index (κ3) is 3.06. The number of aryl methyl sites for hydroxylation is 1. The first-order valence-electron chi connectivity index (χ1n) is 6.09. The quantitative estimate of drug-likeness (QED) is 0.740. The molecule has 0 aliphatic heterocycles. The van der Waals surface area contributed by atoms with E-state index in [0.717, 1.165) is 37.1 Å². The SMILES string of the molecule is COCCCNC(=O)[C@H]1CCc2nc[nH]c2C1.